The molecule has 4 aromatic rings. The fourth-order valence-corrected chi connectivity index (χ4v) is 6.01. The molecule has 2 aliphatic rings. The zero-order valence-corrected chi connectivity index (χ0v) is 26.5. The van der Waals surface area contributed by atoms with Crippen molar-refractivity contribution in [3.05, 3.63) is 106 Å². The van der Waals surface area contributed by atoms with Gasteiger partial charge in [0.1, 0.15) is 5.82 Å². The largest absolute Gasteiger partial charge is 0.339 e. The molecule has 1 saturated heterocycles. The number of likely N-dealkylation sites (tertiary alicyclic amines) is 1. The summed E-state index contributed by atoms with van der Waals surface area (Å²) in [5.41, 5.74) is 7.52. The lowest BCUT2D eigenvalue weighted by atomic mass is 9.92. The van der Waals surface area contributed by atoms with Gasteiger partial charge in [-0.25, -0.2) is 4.98 Å². The van der Waals surface area contributed by atoms with Crippen LogP contribution in [0.25, 0.3) is 16.6 Å². The van der Waals surface area contributed by atoms with E-state index in [2.05, 4.69) is 74.7 Å². The second-order valence-electron chi connectivity index (χ2n) is 12.2. The summed E-state index contributed by atoms with van der Waals surface area (Å²) in [5, 5.41) is 0.720. The predicted octanol–water partition coefficient (Wildman–Crippen LogP) is 9.86. The summed E-state index contributed by atoms with van der Waals surface area (Å²) in [4.78, 5) is 20.5. The maximum absolute atomic E-state index is 13.5. The molecule has 0 atom stereocenters. The van der Waals surface area contributed by atoms with Gasteiger partial charge in [0.25, 0.3) is 5.91 Å². The number of hydrogen-bond acceptors (Lipinski definition) is 2. The summed E-state index contributed by atoms with van der Waals surface area (Å²) in [6.45, 7) is 12.3. The van der Waals surface area contributed by atoms with Crippen LogP contribution in [0.3, 0.4) is 0 Å². The lowest BCUT2D eigenvalue weighted by molar-refractivity contribution is 0.0710. The van der Waals surface area contributed by atoms with Crippen molar-refractivity contribution >= 4 is 34.1 Å². The van der Waals surface area contributed by atoms with Gasteiger partial charge in [-0.05, 0) is 104 Å². The summed E-state index contributed by atoms with van der Waals surface area (Å²) in [6, 6.07) is 23.1. The molecule has 2 heterocycles. The van der Waals surface area contributed by atoms with Gasteiger partial charge < -0.3 is 9.47 Å². The zero-order chi connectivity index (χ0) is 29.8. The van der Waals surface area contributed by atoms with E-state index >= 15 is 0 Å². The van der Waals surface area contributed by atoms with Crippen LogP contribution < -0.4 is 0 Å². The maximum Gasteiger partial charge on any atom is 0.253 e. The smallest absolute Gasteiger partial charge is 0.253 e. The van der Waals surface area contributed by atoms with Crippen LogP contribution in [0.5, 0.6) is 0 Å². The molecule has 0 N–H and O–H groups in total. The molecule has 220 valence electrons. The third-order valence-electron chi connectivity index (χ3n) is 8.69. The minimum Gasteiger partial charge on any atom is -0.339 e. The Morgan fingerprint density at radius 3 is 2.31 bits per heavy atom. The molecule has 0 spiro atoms. The van der Waals surface area contributed by atoms with Gasteiger partial charge in [-0.1, -0.05) is 75.2 Å². The van der Waals surface area contributed by atoms with E-state index in [4.69, 9.17) is 16.6 Å². The molecule has 1 aromatic heterocycles. The van der Waals surface area contributed by atoms with Gasteiger partial charge in [0.15, 0.2) is 0 Å². The number of aryl methyl sites for hydroxylation is 1. The average molecular weight is 582 g/mol. The van der Waals surface area contributed by atoms with E-state index in [-0.39, 0.29) is 5.91 Å². The Balaban J connectivity index is 0.000000652. The van der Waals surface area contributed by atoms with Gasteiger partial charge in [-0.2, -0.15) is 0 Å². The van der Waals surface area contributed by atoms with Crippen LogP contribution in [0, 0.1) is 12.8 Å². The van der Waals surface area contributed by atoms with Crippen molar-refractivity contribution in [3.8, 4) is 0 Å². The van der Waals surface area contributed by atoms with E-state index in [0.717, 1.165) is 70.2 Å². The Bertz CT molecular complexity index is 1570. The molecule has 1 saturated carbocycles. The van der Waals surface area contributed by atoms with Gasteiger partial charge in [0.2, 0.25) is 0 Å². The number of halogens is 1. The number of imidazole rings is 1. The second kappa shape index (κ2) is 13.3. The van der Waals surface area contributed by atoms with Crippen molar-refractivity contribution < 1.29 is 4.79 Å². The SMILES string of the molecule is C/C=C(/c1cccc(Cl)c1)c1ccc(C(=O)N2CCC(c3nc4ccccc4n3C3CC3)CC2)cc1C.CCC(C)C. The Kier molecular flexibility index (Phi) is 9.53. The number of carbonyl (C=O) groups excluding carboxylic acids is 1. The standard InChI is InChI=1S/C32H32ClN3O.C5H12/c1-3-27(23-7-6-8-25(33)20-23)28-14-11-24(19-21(28)2)32(37)35-17-15-22(16-18-35)31-34-29-9-4-5-10-30(29)36(31)26-12-13-26;1-4-5(2)3/h3-11,14,19-20,22,26H,12-13,15-18H2,1-2H3;5H,4H2,1-3H3/b27-3-;. The van der Waals surface area contributed by atoms with Crippen LogP contribution in [0.4, 0.5) is 0 Å². The van der Waals surface area contributed by atoms with E-state index in [0.29, 0.717) is 12.0 Å². The summed E-state index contributed by atoms with van der Waals surface area (Å²) in [5.74, 6) is 2.62. The van der Waals surface area contributed by atoms with E-state index < -0.39 is 0 Å². The average Bonchev–Trinajstić information content (AvgIpc) is 3.77. The van der Waals surface area contributed by atoms with Gasteiger partial charge in [-0.15, -0.1) is 0 Å². The lowest BCUT2D eigenvalue weighted by Gasteiger charge is -2.32. The first-order valence-electron chi connectivity index (χ1n) is 15.6. The molecule has 0 radical (unpaired) electrons. The van der Waals surface area contributed by atoms with Gasteiger partial charge in [0.05, 0.1) is 11.0 Å². The number of carbonyl (C=O) groups is 1. The van der Waals surface area contributed by atoms with Crippen molar-refractivity contribution in [3.63, 3.8) is 0 Å². The van der Waals surface area contributed by atoms with Crippen molar-refractivity contribution in [1.29, 1.82) is 0 Å². The maximum atomic E-state index is 13.5. The van der Waals surface area contributed by atoms with Crippen LogP contribution in [0.1, 0.15) is 105 Å². The minimum atomic E-state index is 0.119. The number of fused-ring (bicyclic) bond motifs is 1. The first-order chi connectivity index (χ1) is 20.3. The fourth-order valence-electron chi connectivity index (χ4n) is 5.82. The number of nitrogens with zero attached hydrogens (tertiary/aromatic N) is 3. The molecule has 2 fully saturated rings. The van der Waals surface area contributed by atoms with Crippen LogP contribution in [0.2, 0.25) is 5.02 Å². The number of amides is 1. The quantitative estimate of drug-likeness (QED) is 0.227. The summed E-state index contributed by atoms with van der Waals surface area (Å²) >= 11 is 6.24. The molecule has 6 rings (SSSR count). The number of rotatable bonds is 6. The van der Waals surface area contributed by atoms with Crippen LogP contribution in [-0.4, -0.2) is 33.4 Å². The third kappa shape index (κ3) is 6.65. The molecular weight excluding hydrogens is 538 g/mol. The van der Waals surface area contributed by atoms with Gasteiger partial charge >= 0.3 is 0 Å². The Morgan fingerprint density at radius 2 is 1.69 bits per heavy atom. The number of allylic oxidation sites excluding steroid dienone is 1. The molecule has 0 unspecified atom stereocenters. The van der Waals surface area contributed by atoms with Gasteiger partial charge in [-0.3, -0.25) is 4.79 Å². The number of benzene rings is 3. The number of hydrogen-bond donors (Lipinski definition) is 0. The van der Waals surface area contributed by atoms with Crippen molar-refractivity contribution in [2.24, 2.45) is 5.92 Å². The highest BCUT2D eigenvalue weighted by Crippen LogP contribution is 2.42. The Morgan fingerprint density at radius 1 is 0.976 bits per heavy atom. The highest BCUT2D eigenvalue weighted by atomic mass is 35.5. The number of piperidine rings is 1. The molecular formula is C37H44ClN3O. The molecule has 3 aromatic carbocycles. The van der Waals surface area contributed by atoms with Gasteiger partial charge in [0, 0.05) is 35.6 Å². The lowest BCUT2D eigenvalue weighted by Crippen LogP contribution is -2.38. The number of para-hydroxylation sites is 2. The minimum absolute atomic E-state index is 0.119. The first-order valence-corrected chi connectivity index (χ1v) is 16.0. The molecule has 5 heteroatoms. The number of aromatic nitrogens is 2. The normalized spacial score (nSPS) is 16.1. The highest BCUT2D eigenvalue weighted by Gasteiger charge is 2.33. The Labute approximate surface area is 256 Å². The topological polar surface area (TPSA) is 38.1 Å². The van der Waals surface area contributed by atoms with Crippen molar-refractivity contribution in [2.45, 2.75) is 78.7 Å². The van der Waals surface area contributed by atoms with Crippen LogP contribution >= 0.6 is 11.6 Å². The summed E-state index contributed by atoms with van der Waals surface area (Å²) in [7, 11) is 0. The molecule has 42 heavy (non-hydrogen) atoms. The summed E-state index contributed by atoms with van der Waals surface area (Å²) < 4.78 is 2.48. The highest BCUT2D eigenvalue weighted by molar-refractivity contribution is 6.30. The van der Waals surface area contributed by atoms with E-state index in [1.165, 1.54) is 30.6 Å². The van der Waals surface area contributed by atoms with E-state index in [1.807, 2.05) is 42.2 Å². The first kappa shape index (κ1) is 30.1. The second-order valence-corrected chi connectivity index (χ2v) is 12.6. The third-order valence-corrected chi connectivity index (χ3v) is 8.92. The fraction of sp³-hybridized carbons (Fsp3) is 0.405. The molecule has 1 amide bonds. The zero-order valence-electron chi connectivity index (χ0n) is 25.7. The van der Waals surface area contributed by atoms with Crippen LogP contribution in [0.15, 0.2) is 72.8 Å². The predicted molar refractivity (Wildman–Crippen MR) is 176 cm³/mol. The molecule has 0 bridgehead atoms. The Hall–Kier alpha value is -3.37. The molecule has 4 nitrogen and oxygen atoms in total. The molecule has 1 aliphatic heterocycles. The van der Waals surface area contributed by atoms with E-state index in [1.54, 1.807) is 0 Å². The monoisotopic (exact) mass is 581 g/mol. The summed E-state index contributed by atoms with van der Waals surface area (Å²) in [6.07, 6.45) is 7.81. The van der Waals surface area contributed by atoms with Crippen molar-refractivity contribution in [1.82, 2.24) is 14.5 Å². The van der Waals surface area contributed by atoms with Crippen LogP contribution in [-0.2, 0) is 0 Å². The van der Waals surface area contributed by atoms with E-state index in [9.17, 15) is 4.79 Å². The van der Waals surface area contributed by atoms with Crippen molar-refractivity contribution in [2.75, 3.05) is 13.1 Å². The molecule has 1 aliphatic carbocycles.